The van der Waals surface area contributed by atoms with Crippen molar-refractivity contribution in [2.24, 2.45) is 5.92 Å². The Morgan fingerprint density at radius 3 is 2.38 bits per heavy atom. The second-order valence-corrected chi connectivity index (χ2v) is 8.09. The molecule has 0 atom stereocenters. The molecule has 0 radical (unpaired) electrons. The van der Waals surface area contributed by atoms with Crippen molar-refractivity contribution in [1.29, 1.82) is 0 Å². The highest BCUT2D eigenvalue weighted by molar-refractivity contribution is 7.89. The van der Waals surface area contributed by atoms with E-state index in [0.717, 1.165) is 23.1 Å². The molecule has 0 aliphatic carbocycles. The highest BCUT2D eigenvalue weighted by atomic mass is 32.2. The van der Waals surface area contributed by atoms with Crippen LogP contribution in [0.4, 0.5) is 0 Å². The van der Waals surface area contributed by atoms with Gasteiger partial charge < -0.3 is 5.32 Å². The maximum absolute atomic E-state index is 12.8. The second kappa shape index (κ2) is 7.38. The Morgan fingerprint density at radius 2 is 1.86 bits per heavy atom. The lowest BCUT2D eigenvalue weighted by molar-refractivity contribution is 0.427. The van der Waals surface area contributed by atoms with Gasteiger partial charge in [-0.05, 0) is 56.0 Å². The third-order valence-electron chi connectivity index (χ3n) is 3.77. The molecule has 1 rings (SSSR count). The molecular formula is C16H28N2O2S. The molecule has 5 heteroatoms. The number of nitrogens with one attached hydrogen (secondary N) is 1. The lowest BCUT2D eigenvalue weighted by atomic mass is 10.1. The van der Waals surface area contributed by atoms with Gasteiger partial charge in [0.2, 0.25) is 10.0 Å². The molecule has 0 saturated heterocycles. The van der Waals surface area contributed by atoms with Crippen molar-refractivity contribution >= 4 is 10.0 Å². The molecule has 0 aromatic heterocycles. The molecule has 1 aromatic carbocycles. The summed E-state index contributed by atoms with van der Waals surface area (Å²) in [6.07, 6.45) is 0.865. The van der Waals surface area contributed by atoms with Gasteiger partial charge in [-0.25, -0.2) is 12.7 Å². The first kappa shape index (κ1) is 18.1. The van der Waals surface area contributed by atoms with E-state index in [1.165, 1.54) is 4.31 Å². The lowest BCUT2D eigenvalue weighted by Gasteiger charge is -2.21. The Kier molecular flexibility index (Phi) is 6.38. The zero-order valence-corrected chi connectivity index (χ0v) is 14.8. The lowest BCUT2D eigenvalue weighted by Crippen LogP contribution is -2.29. The van der Waals surface area contributed by atoms with Gasteiger partial charge in [-0.3, -0.25) is 0 Å². The Labute approximate surface area is 129 Å². The smallest absolute Gasteiger partial charge is 0.243 e. The largest absolute Gasteiger partial charge is 0.316 e. The number of aryl methyl sites for hydroxylation is 1. The number of benzene rings is 1. The average Bonchev–Trinajstić information content (AvgIpc) is 2.39. The molecule has 1 N–H and O–H groups in total. The summed E-state index contributed by atoms with van der Waals surface area (Å²) in [5.41, 5.74) is 2.85. The van der Waals surface area contributed by atoms with E-state index in [1.54, 1.807) is 13.1 Å². The van der Waals surface area contributed by atoms with Crippen molar-refractivity contribution in [3.63, 3.8) is 0 Å². The summed E-state index contributed by atoms with van der Waals surface area (Å²) in [4.78, 5) is 0.430. The minimum atomic E-state index is -3.42. The van der Waals surface area contributed by atoms with E-state index in [1.807, 2.05) is 27.0 Å². The van der Waals surface area contributed by atoms with E-state index in [0.29, 0.717) is 23.9 Å². The Morgan fingerprint density at radius 1 is 1.24 bits per heavy atom. The summed E-state index contributed by atoms with van der Waals surface area (Å²) in [6, 6.07) is 3.83. The van der Waals surface area contributed by atoms with Crippen LogP contribution in [0.25, 0.3) is 0 Å². The molecule has 0 saturated carbocycles. The van der Waals surface area contributed by atoms with Crippen LogP contribution in [0.3, 0.4) is 0 Å². The van der Waals surface area contributed by atoms with Crippen LogP contribution in [0.15, 0.2) is 17.0 Å². The van der Waals surface area contributed by atoms with Gasteiger partial charge in [-0.1, -0.05) is 19.9 Å². The van der Waals surface area contributed by atoms with Crippen molar-refractivity contribution in [3.8, 4) is 0 Å². The molecule has 0 aliphatic heterocycles. The maximum Gasteiger partial charge on any atom is 0.243 e. The fourth-order valence-corrected chi connectivity index (χ4v) is 3.73. The van der Waals surface area contributed by atoms with Crippen LogP contribution in [0.2, 0.25) is 0 Å². The Balaban J connectivity index is 3.17. The molecule has 0 fully saturated rings. The molecule has 120 valence electrons. The van der Waals surface area contributed by atoms with Gasteiger partial charge in [-0.2, -0.15) is 0 Å². The molecule has 0 amide bonds. The van der Waals surface area contributed by atoms with Gasteiger partial charge in [0.25, 0.3) is 0 Å². The number of rotatable bonds is 7. The first-order valence-corrected chi connectivity index (χ1v) is 8.85. The summed E-state index contributed by atoms with van der Waals surface area (Å²) in [5.74, 6) is 0.487. The number of nitrogens with zero attached hydrogens (tertiary/aromatic N) is 1. The third-order valence-corrected chi connectivity index (χ3v) is 5.75. The number of hydrogen-bond acceptors (Lipinski definition) is 3. The normalized spacial score (nSPS) is 12.4. The molecule has 0 unspecified atom stereocenters. The minimum absolute atomic E-state index is 0.430. The van der Waals surface area contributed by atoms with Gasteiger partial charge in [-0.15, -0.1) is 0 Å². The van der Waals surface area contributed by atoms with Crippen molar-refractivity contribution in [1.82, 2.24) is 9.62 Å². The summed E-state index contributed by atoms with van der Waals surface area (Å²) in [5, 5.41) is 3.07. The summed E-state index contributed by atoms with van der Waals surface area (Å²) in [6.45, 7) is 9.25. The van der Waals surface area contributed by atoms with Crippen molar-refractivity contribution < 1.29 is 8.42 Å². The molecular weight excluding hydrogens is 284 g/mol. The monoisotopic (exact) mass is 312 g/mol. The fraction of sp³-hybridized carbons (Fsp3) is 0.625. The SMILES string of the molecule is CNCc1cc(C)c(C)c(S(=O)(=O)N(C)CCC(C)C)c1. The van der Waals surface area contributed by atoms with Crippen LogP contribution in [-0.4, -0.2) is 33.4 Å². The molecule has 21 heavy (non-hydrogen) atoms. The van der Waals surface area contributed by atoms with Crippen LogP contribution < -0.4 is 5.32 Å². The van der Waals surface area contributed by atoms with E-state index in [4.69, 9.17) is 0 Å². The van der Waals surface area contributed by atoms with E-state index in [9.17, 15) is 8.42 Å². The summed E-state index contributed by atoms with van der Waals surface area (Å²) < 4.78 is 27.0. The van der Waals surface area contributed by atoms with E-state index in [-0.39, 0.29) is 0 Å². The first-order chi connectivity index (χ1) is 9.70. The maximum atomic E-state index is 12.8. The molecule has 0 spiro atoms. The van der Waals surface area contributed by atoms with Gasteiger partial charge >= 0.3 is 0 Å². The molecule has 0 heterocycles. The van der Waals surface area contributed by atoms with Crippen LogP contribution in [0, 0.1) is 19.8 Å². The van der Waals surface area contributed by atoms with Crippen LogP contribution >= 0.6 is 0 Å². The summed E-state index contributed by atoms with van der Waals surface area (Å²) >= 11 is 0. The highest BCUT2D eigenvalue weighted by Crippen LogP contribution is 2.24. The quantitative estimate of drug-likeness (QED) is 0.842. The van der Waals surface area contributed by atoms with Crippen molar-refractivity contribution in [2.75, 3.05) is 20.6 Å². The zero-order valence-electron chi connectivity index (χ0n) is 14.0. The van der Waals surface area contributed by atoms with Gasteiger partial charge in [0.15, 0.2) is 0 Å². The zero-order chi connectivity index (χ0) is 16.2. The molecule has 1 aromatic rings. The number of hydrogen-bond donors (Lipinski definition) is 1. The summed E-state index contributed by atoms with van der Waals surface area (Å²) in [7, 11) is 0.100. The van der Waals surface area contributed by atoms with E-state index >= 15 is 0 Å². The van der Waals surface area contributed by atoms with Crippen LogP contribution in [-0.2, 0) is 16.6 Å². The molecule has 0 bridgehead atoms. The van der Waals surface area contributed by atoms with Crippen LogP contribution in [0.5, 0.6) is 0 Å². The molecule has 0 aliphatic rings. The van der Waals surface area contributed by atoms with Gasteiger partial charge in [0.1, 0.15) is 0 Å². The first-order valence-electron chi connectivity index (χ1n) is 7.41. The average molecular weight is 312 g/mol. The molecule has 4 nitrogen and oxygen atoms in total. The third kappa shape index (κ3) is 4.53. The topological polar surface area (TPSA) is 49.4 Å². The Bertz CT molecular complexity index is 580. The predicted molar refractivity (Wildman–Crippen MR) is 88.0 cm³/mol. The fourth-order valence-electron chi connectivity index (χ4n) is 2.20. The van der Waals surface area contributed by atoms with Crippen molar-refractivity contribution in [2.45, 2.75) is 45.6 Å². The van der Waals surface area contributed by atoms with Gasteiger partial charge in [0.05, 0.1) is 4.90 Å². The Hall–Kier alpha value is -0.910. The number of sulfonamides is 1. The van der Waals surface area contributed by atoms with E-state index < -0.39 is 10.0 Å². The second-order valence-electron chi connectivity index (χ2n) is 6.08. The minimum Gasteiger partial charge on any atom is -0.316 e. The van der Waals surface area contributed by atoms with Crippen LogP contribution in [0.1, 0.15) is 37.0 Å². The van der Waals surface area contributed by atoms with Crippen molar-refractivity contribution in [3.05, 3.63) is 28.8 Å². The highest BCUT2D eigenvalue weighted by Gasteiger charge is 2.24. The van der Waals surface area contributed by atoms with Gasteiger partial charge in [0, 0.05) is 20.1 Å². The predicted octanol–water partition coefficient (Wildman–Crippen LogP) is 2.69. The van der Waals surface area contributed by atoms with E-state index in [2.05, 4.69) is 19.2 Å². The standard InChI is InChI=1S/C16H28N2O2S/c1-12(2)7-8-18(6)21(19,20)16-10-15(11-17-5)9-13(3)14(16)4/h9-10,12,17H,7-8,11H2,1-6H3.